The minimum Gasteiger partial charge on any atom is -0.481 e. The molecule has 1 atom stereocenters. The van der Waals surface area contributed by atoms with Crippen LogP contribution in [0.15, 0.2) is 0 Å². The molecule has 0 saturated carbocycles. The van der Waals surface area contributed by atoms with Crippen LogP contribution in [0.1, 0.15) is 18.7 Å². The molecule has 2 N–H and O–H groups in total. The Labute approximate surface area is 108 Å². The Kier molecular flexibility index (Phi) is 3.81. The van der Waals surface area contributed by atoms with Crippen molar-refractivity contribution in [2.24, 2.45) is 5.92 Å². The summed E-state index contributed by atoms with van der Waals surface area (Å²) in [5, 5.41) is 15.1. The molecule has 2 heterocycles. The summed E-state index contributed by atoms with van der Waals surface area (Å²) in [6.45, 7) is 0.512. The molecule has 1 aliphatic rings. The maximum atomic E-state index is 11.7. The number of hydrogen-bond acceptors (Lipinski definition) is 4. The summed E-state index contributed by atoms with van der Waals surface area (Å²) >= 11 is 5.72. The van der Waals surface area contributed by atoms with Gasteiger partial charge in [0.05, 0.1) is 6.42 Å². The molecule has 0 aliphatic carbocycles. The Balaban J connectivity index is 2.01. The lowest BCUT2D eigenvalue weighted by molar-refractivity contribution is -0.137. The number of aliphatic carboxylic acids is 1. The van der Waals surface area contributed by atoms with Crippen LogP contribution in [0.4, 0.5) is 5.95 Å². The number of halogens is 1. The first-order valence-electron chi connectivity index (χ1n) is 5.59. The zero-order valence-corrected chi connectivity index (χ0v) is 10.4. The average Bonchev–Trinajstić information content (AvgIpc) is 2.92. The number of nitrogens with zero attached hydrogens (tertiary/aromatic N) is 3. The fourth-order valence-electron chi connectivity index (χ4n) is 1.82. The van der Waals surface area contributed by atoms with Crippen molar-refractivity contribution in [3.8, 4) is 0 Å². The number of alkyl halides is 1. The highest BCUT2D eigenvalue weighted by molar-refractivity contribution is 6.18. The topological polar surface area (TPSA) is 99.2 Å². The molecule has 1 aromatic heterocycles. The molecule has 0 radical (unpaired) electrons. The van der Waals surface area contributed by atoms with Gasteiger partial charge in [-0.2, -0.15) is 4.98 Å². The van der Waals surface area contributed by atoms with E-state index in [-0.39, 0.29) is 24.7 Å². The molecule has 1 fully saturated rings. The van der Waals surface area contributed by atoms with E-state index < -0.39 is 5.97 Å². The lowest BCUT2D eigenvalue weighted by Crippen LogP contribution is -2.25. The van der Waals surface area contributed by atoms with Crippen molar-refractivity contribution in [3.05, 3.63) is 5.82 Å². The monoisotopic (exact) mass is 272 g/mol. The first kappa shape index (κ1) is 12.8. The van der Waals surface area contributed by atoms with Crippen molar-refractivity contribution >= 4 is 29.4 Å². The van der Waals surface area contributed by atoms with E-state index in [9.17, 15) is 9.59 Å². The lowest BCUT2D eigenvalue weighted by Gasteiger charge is -2.10. The number of nitrogens with one attached hydrogen (secondary N) is 1. The SMILES string of the molecule is O=C(O)CCc1nc(N2CC(CCl)CC2=O)n[nH]1. The third-order valence-electron chi connectivity index (χ3n) is 2.76. The molecule has 1 unspecified atom stereocenters. The van der Waals surface area contributed by atoms with Gasteiger partial charge in [-0.1, -0.05) is 0 Å². The zero-order chi connectivity index (χ0) is 13.1. The molecular weight excluding hydrogens is 260 g/mol. The highest BCUT2D eigenvalue weighted by Crippen LogP contribution is 2.22. The Morgan fingerprint density at radius 2 is 2.39 bits per heavy atom. The van der Waals surface area contributed by atoms with E-state index in [0.29, 0.717) is 30.6 Å². The maximum absolute atomic E-state index is 11.7. The van der Waals surface area contributed by atoms with Crippen LogP contribution >= 0.6 is 11.6 Å². The number of rotatable bonds is 5. The summed E-state index contributed by atoms with van der Waals surface area (Å²) < 4.78 is 0. The number of carboxylic acids is 1. The molecule has 0 spiro atoms. The largest absolute Gasteiger partial charge is 0.481 e. The number of carbonyl (C=O) groups is 2. The van der Waals surface area contributed by atoms with E-state index in [1.54, 1.807) is 0 Å². The van der Waals surface area contributed by atoms with Crippen molar-refractivity contribution < 1.29 is 14.7 Å². The second kappa shape index (κ2) is 5.34. The van der Waals surface area contributed by atoms with E-state index in [1.807, 2.05) is 0 Å². The molecule has 0 aromatic carbocycles. The van der Waals surface area contributed by atoms with Crippen LogP contribution < -0.4 is 4.90 Å². The van der Waals surface area contributed by atoms with Gasteiger partial charge in [0.15, 0.2) is 0 Å². The highest BCUT2D eigenvalue weighted by atomic mass is 35.5. The molecule has 8 heteroatoms. The van der Waals surface area contributed by atoms with Crippen LogP contribution in [-0.2, 0) is 16.0 Å². The standard InChI is InChI=1S/C10H13ClN4O3/c11-4-6-3-8(16)15(5-6)10-12-7(13-14-10)1-2-9(17)18/h6H,1-5H2,(H,17,18)(H,12,13,14). The molecule has 1 aliphatic heterocycles. The summed E-state index contributed by atoms with van der Waals surface area (Å²) in [5.74, 6) is 0.373. The summed E-state index contributed by atoms with van der Waals surface area (Å²) in [4.78, 5) is 27.7. The van der Waals surface area contributed by atoms with Gasteiger partial charge in [-0.3, -0.25) is 19.6 Å². The third-order valence-corrected chi connectivity index (χ3v) is 3.20. The molecule has 0 bridgehead atoms. The number of aromatic nitrogens is 3. The number of carbonyl (C=O) groups excluding carboxylic acids is 1. The summed E-state index contributed by atoms with van der Waals surface area (Å²) in [6, 6.07) is 0. The molecule has 1 aromatic rings. The van der Waals surface area contributed by atoms with E-state index in [4.69, 9.17) is 16.7 Å². The van der Waals surface area contributed by atoms with Gasteiger partial charge >= 0.3 is 5.97 Å². The predicted molar refractivity (Wildman–Crippen MR) is 63.5 cm³/mol. The number of aromatic amines is 1. The van der Waals surface area contributed by atoms with Crippen LogP contribution in [0.25, 0.3) is 0 Å². The Hall–Kier alpha value is -1.63. The van der Waals surface area contributed by atoms with Crippen LogP contribution in [0, 0.1) is 5.92 Å². The van der Waals surface area contributed by atoms with E-state index in [0.717, 1.165) is 0 Å². The number of aryl methyl sites for hydroxylation is 1. The molecule has 18 heavy (non-hydrogen) atoms. The first-order valence-corrected chi connectivity index (χ1v) is 6.13. The average molecular weight is 273 g/mol. The van der Waals surface area contributed by atoms with Gasteiger partial charge in [0, 0.05) is 25.3 Å². The van der Waals surface area contributed by atoms with Crippen molar-refractivity contribution in [2.75, 3.05) is 17.3 Å². The second-order valence-corrected chi connectivity index (χ2v) is 4.51. The molecule has 7 nitrogen and oxygen atoms in total. The van der Waals surface area contributed by atoms with Gasteiger partial charge in [-0.15, -0.1) is 16.7 Å². The molecule has 1 amide bonds. The van der Waals surface area contributed by atoms with Crippen LogP contribution in [0.3, 0.4) is 0 Å². The third kappa shape index (κ3) is 2.79. The van der Waals surface area contributed by atoms with Crippen LogP contribution in [0.5, 0.6) is 0 Å². The lowest BCUT2D eigenvalue weighted by atomic mass is 10.2. The highest BCUT2D eigenvalue weighted by Gasteiger charge is 2.32. The van der Waals surface area contributed by atoms with Crippen LogP contribution in [-0.4, -0.2) is 44.6 Å². The zero-order valence-electron chi connectivity index (χ0n) is 9.60. The van der Waals surface area contributed by atoms with E-state index >= 15 is 0 Å². The van der Waals surface area contributed by atoms with Gasteiger partial charge in [-0.05, 0) is 5.92 Å². The van der Waals surface area contributed by atoms with E-state index in [2.05, 4.69) is 15.2 Å². The van der Waals surface area contributed by atoms with Crippen LogP contribution in [0.2, 0.25) is 0 Å². The van der Waals surface area contributed by atoms with E-state index in [1.165, 1.54) is 4.90 Å². The molecule has 1 saturated heterocycles. The number of amides is 1. The summed E-state index contributed by atoms with van der Waals surface area (Å²) in [7, 11) is 0. The summed E-state index contributed by atoms with van der Waals surface area (Å²) in [5.41, 5.74) is 0. The van der Waals surface area contributed by atoms with Gasteiger partial charge in [0.2, 0.25) is 5.91 Å². The van der Waals surface area contributed by atoms with Crippen molar-refractivity contribution in [1.82, 2.24) is 15.2 Å². The minimum atomic E-state index is -0.896. The number of carboxylic acid groups (broad SMARTS) is 1. The maximum Gasteiger partial charge on any atom is 0.303 e. The van der Waals surface area contributed by atoms with Gasteiger partial charge < -0.3 is 5.11 Å². The van der Waals surface area contributed by atoms with Crippen molar-refractivity contribution in [3.63, 3.8) is 0 Å². The fraction of sp³-hybridized carbons (Fsp3) is 0.600. The number of hydrogen-bond donors (Lipinski definition) is 2. The smallest absolute Gasteiger partial charge is 0.303 e. The number of H-pyrrole nitrogens is 1. The Bertz CT molecular complexity index is 462. The van der Waals surface area contributed by atoms with Gasteiger partial charge in [0.1, 0.15) is 5.82 Å². The summed E-state index contributed by atoms with van der Waals surface area (Å²) in [6.07, 6.45) is 0.651. The quantitative estimate of drug-likeness (QED) is 0.757. The molecule has 98 valence electrons. The first-order chi connectivity index (χ1) is 8.60. The second-order valence-electron chi connectivity index (χ2n) is 4.20. The van der Waals surface area contributed by atoms with Crippen molar-refractivity contribution in [2.45, 2.75) is 19.3 Å². The molecular formula is C10H13ClN4O3. The minimum absolute atomic E-state index is 0.0209. The fourth-order valence-corrected chi connectivity index (χ4v) is 2.03. The van der Waals surface area contributed by atoms with Crippen molar-refractivity contribution in [1.29, 1.82) is 0 Å². The number of anilines is 1. The predicted octanol–water partition coefficient (Wildman–Crippen LogP) is 0.414. The Morgan fingerprint density at radius 3 is 3.00 bits per heavy atom. The Morgan fingerprint density at radius 1 is 1.61 bits per heavy atom. The molecule has 2 rings (SSSR count). The van der Waals surface area contributed by atoms with Gasteiger partial charge in [0.25, 0.3) is 5.95 Å². The normalized spacial score (nSPS) is 19.5. The van der Waals surface area contributed by atoms with Gasteiger partial charge in [-0.25, -0.2) is 0 Å².